The molecule has 2 N–H and O–H groups in total. The first-order chi connectivity index (χ1) is 5.68. The SMILES string of the molecule is Nc1nnc2c(F)cc(F)cn12. The summed E-state index contributed by atoms with van der Waals surface area (Å²) < 4.78 is 26.5. The van der Waals surface area contributed by atoms with Gasteiger partial charge in [0.1, 0.15) is 5.82 Å². The van der Waals surface area contributed by atoms with Gasteiger partial charge in [-0.05, 0) is 0 Å². The fourth-order valence-electron chi connectivity index (χ4n) is 0.940. The van der Waals surface area contributed by atoms with Crippen LogP contribution in [0.25, 0.3) is 5.65 Å². The Labute approximate surface area is 65.6 Å². The summed E-state index contributed by atoms with van der Waals surface area (Å²) in [5.41, 5.74) is 5.19. The molecule has 0 unspecified atom stereocenters. The van der Waals surface area contributed by atoms with Crippen molar-refractivity contribution in [3.63, 3.8) is 0 Å². The van der Waals surface area contributed by atoms with Gasteiger partial charge >= 0.3 is 0 Å². The lowest BCUT2D eigenvalue weighted by molar-refractivity contribution is 0.577. The summed E-state index contributed by atoms with van der Waals surface area (Å²) in [6.45, 7) is 0. The molecule has 0 aliphatic heterocycles. The van der Waals surface area contributed by atoms with E-state index in [0.717, 1.165) is 16.7 Å². The van der Waals surface area contributed by atoms with Crippen molar-refractivity contribution in [1.82, 2.24) is 14.6 Å². The molecule has 2 aromatic rings. The first-order valence-corrected chi connectivity index (χ1v) is 3.14. The van der Waals surface area contributed by atoms with E-state index in [1.807, 2.05) is 0 Å². The van der Waals surface area contributed by atoms with Crippen LogP contribution in [-0.4, -0.2) is 14.6 Å². The highest BCUT2D eigenvalue weighted by Crippen LogP contribution is 2.11. The summed E-state index contributed by atoms with van der Waals surface area (Å²) in [6.07, 6.45) is 1.02. The quantitative estimate of drug-likeness (QED) is 0.629. The number of pyridine rings is 1. The Bertz CT molecular complexity index is 436. The van der Waals surface area contributed by atoms with Crippen molar-refractivity contribution in [2.24, 2.45) is 0 Å². The molecule has 2 aromatic heterocycles. The van der Waals surface area contributed by atoms with Gasteiger partial charge in [-0.15, -0.1) is 10.2 Å². The number of nitrogen functional groups attached to an aromatic ring is 1. The fourth-order valence-corrected chi connectivity index (χ4v) is 0.940. The molecule has 0 fully saturated rings. The van der Waals surface area contributed by atoms with Crippen LogP contribution in [0.2, 0.25) is 0 Å². The predicted molar refractivity (Wildman–Crippen MR) is 37.3 cm³/mol. The number of halogens is 2. The Morgan fingerprint density at radius 1 is 1.33 bits per heavy atom. The average molecular weight is 170 g/mol. The highest BCUT2D eigenvalue weighted by atomic mass is 19.1. The Balaban J connectivity index is 2.92. The lowest BCUT2D eigenvalue weighted by atomic mass is 10.4. The molecule has 0 saturated heterocycles. The molecular weight excluding hydrogens is 166 g/mol. The van der Waals surface area contributed by atoms with E-state index in [4.69, 9.17) is 5.73 Å². The number of rotatable bonds is 0. The van der Waals surface area contributed by atoms with Crippen molar-refractivity contribution in [2.75, 3.05) is 5.73 Å². The average Bonchev–Trinajstić information content (AvgIpc) is 2.33. The second-order valence-electron chi connectivity index (χ2n) is 2.26. The van der Waals surface area contributed by atoms with E-state index in [9.17, 15) is 8.78 Å². The topological polar surface area (TPSA) is 56.2 Å². The second-order valence-corrected chi connectivity index (χ2v) is 2.26. The molecule has 2 rings (SSSR count). The van der Waals surface area contributed by atoms with Crippen LogP contribution < -0.4 is 5.73 Å². The van der Waals surface area contributed by atoms with Crippen LogP contribution in [0.5, 0.6) is 0 Å². The highest BCUT2D eigenvalue weighted by Gasteiger charge is 2.08. The van der Waals surface area contributed by atoms with Crippen molar-refractivity contribution in [3.8, 4) is 0 Å². The summed E-state index contributed by atoms with van der Waals surface area (Å²) in [5, 5.41) is 6.79. The number of fused-ring (bicyclic) bond motifs is 1. The molecule has 4 nitrogen and oxygen atoms in total. The molecule has 12 heavy (non-hydrogen) atoms. The predicted octanol–water partition coefficient (Wildman–Crippen LogP) is 0.590. The first-order valence-electron chi connectivity index (χ1n) is 3.14. The van der Waals surface area contributed by atoms with E-state index in [-0.39, 0.29) is 11.6 Å². The third kappa shape index (κ3) is 0.810. The van der Waals surface area contributed by atoms with Crippen LogP contribution in [0.1, 0.15) is 0 Å². The first kappa shape index (κ1) is 6.96. The van der Waals surface area contributed by atoms with Crippen LogP contribution in [0, 0.1) is 11.6 Å². The minimum Gasteiger partial charge on any atom is -0.368 e. The van der Waals surface area contributed by atoms with Crippen molar-refractivity contribution < 1.29 is 8.78 Å². The van der Waals surface area contributed by atoms with Gasteiger partial charge in [-0.3, -0.25) is 4.40 Å². The molecule has 0 aliphatic rings. The Hall–Kier alpha value is -1.72. The zero-order valence-electron chi connectivity index (χ0n) is 5.83. The number of nitrogens with zero attached hydrogens (tertiary/aromatic N) is 3. The van der Waals surface area contributed by atoms with Gasteiger partial charge in [0.05, 0.1) is 0 Å². The van der Waals surface area contributed by atoms with Gasteiger partial charge in [-0.2, -0.15) is 0 Å². The van der Waals surface area contributed by atoms with E-state index in [1.165, 1.54) is 0 Å². The third-order valence-corrected chi connectivity index (χ3v) is 1.45. The Morgan fingerprint density at radius 2 is 2.08 bits per heavy atom. The molecule has 6 heteroatoms. The van der Waals surface area contributed by atoms with Crippen LogP contribution in [-0.2, 0) is 0 Å². The maximum Gasteiger partial charge on any atom is 0.226 e. The van der Waals surface area contributed by atoms with Gasteiger partial charge in [0.15, 0.2) is 11.5 Å². The van der Waals surface area contributed by atoms with Gasteiger partial charge in [0, 0.05) is 12.3 Å². The smallest absolute Gasteiger partial charge is 0.226 e. The monoisotopic (exact) mass is 170 g/mol. The second kappa shape index (κ2) is 2.13. The maximum absolute atomic E-state index is 12.8. The van der Waals surface area contributed by atoms with Crippen LogP contribution >= 0.6 is 0 Å². The maximum atomic E-state index is 12.8. The molecule has 0 aliphatic carbocycles. The Kier molecular flexibility index (Phi) is 1.24. The summed E-state index contributed by atoms with van der Waals surface area (Å²) in [6, 6.07) is 0.726. The van der Waals surface area contributed by atoms with E-state index in [2.05, 4.69) is 10.2 Å². The van der Waals surface area contributed by atoms with Crippen LogP contribution in [0.15, 0.2) is 12.3 Å². The van der Waals surface area contributed by atoms with E-state index in [0.29, 0.717) is 0 Å². The fraction of sp³-hybridized carbons (Fsp3) is 0. The standard InChI is InChI=1S/C6H4F2N4/c7-3-1-4(8)5-10-11-6(9)12(5)2-3/h1-2H,(H2,9,11). The van der Waals surface area contributed by atoms with Gasteiger partial charge in [-0.25, -0.2) is 8.78 Å². The molecular formula is C6H4F2N4. The van der Waals surface area contributed by atoms with Crippen LogP contribution in [0.4, 0.5) is 14.7 Å². The molecule has 0 saturated carbocycles. The zero-order chi connectivity index (χ0) is 8.72. The number of hydrogen-bond acceptors (Lipinski definition) is 3. The van der Waals surface area contributed by atoms with Crippen molar-refractivity contribution in [3.05, 3.63) is 23.9 Å². The number of hydrogen-bond donors (Lipinski definition) is 1. The van der Waals surface area contributed by atoms with E-state index >= 15 is 0 Å². The molecule has 2 heterocycles. The molecule has 62 valence electrons. The van der Waals surface area contributed by atoms with Gasteiger partial charge in [0.2, 0.25) is 5.95 Å². The lowest BCUT2D eigenvalue weighted by Crippen LogP contribution is -1.96. The van der Waals surface area contributed by atoms with E-state index < -0.39 is 11.6 Å². The molecule has 0 radical (unpaired) electrons. The molecule has 0 atom stereocenters. The molecule has 0 spiro atoms. The Morgan fingerprint density at radius 3 is 2.83 bits per heavy atom. The van der Waals surface area contributed by atoms with Gasteiger partial charge in [-0.1, -0.05) is 0 Å². The summed E-state index contributed by atoms with van der Waals surface area (Å²) in [5.74, 6) is -1.53. The van der Waals surface area contributed by atoms with Gasteiger partial charge in [0.25, 0.3) is 0 Å². The molecule has 0 bridgehead atoms. The van der Waals surface area contributed by atoms with Crippen LogP contribution in [0.3, 0.4) is 0 Å². The lowest BCUT2D eigenvalue weighted by Gasteiger charge is -1.94. The third-order valence-electron chi connectivity index (χ3n) is 1.45. The largest absolute Gasteiger partial charge is 0.368 e. The number of anilines is 1. The summed E-state index contributed by atoms with van der Waals surface area (Å²) in [7, 11) is 0. The minimum atomic E-state index is -0.779. The van der Waals surface area contributed by atoms with Crippen molar-refractivity contribution >= 4 is 11.6 Å². The highest BCUT2D eigenvalue weighted by molar-refractivity contribution is 5.44. The summed E-state index contributed by atoms with van der Waals surface area (Å²) >= 11 is 0. The van der Waals surface area contributed by atoms with Crippen molar-refractivity contribution in [1.29, 1.82) is 0 Å². The molecule has 0 amide bonds. The number of aromatic nitrogens is 3. The van der Waals surface area contributed by atoms with E-state index in [1.54, 1.807) is 0 Å². The van der Waals surface area contributed by atoms with Crippen molar-refractivity contribution in [2.45, 2.75) is 0 Å². The van der Waals surface area contributed by atoms with Gasteiger partial charge < -0.3 is 5.73 Å². The summed E-state index contributed by atoms with van der Waals surface area (Å²) in [4.78, 5) is 0. The molecule has 0 aromatic carbocycles. The zero-order valence-corrected chi connectivity index (χ0v) is 5.83. The minimum absolute atomic E-state index is 0.0385. The normalized spacial score (nSPS) is 10.8. The number of nitrogens with two attached hydrogens (primary N) is 1.